The summed E-state index contributed by atoms with van der Waals surface area (Å²) in [6.07, 6.45) is 0.212. The molecule has 0 bridgehead atoms. The first-order valence-electron chi connectivity index (χ1n) is 3.99. The molecule has 0 aromatic carbocycles. The Balaban J connectivity index is 4.16. The first-order chi connectivity index (χ1) is 4.95. The summed E-state index contributed by atoms with van der Waals surface area (Å²) in [4.78, 5) is 0. The minimum absolute atomic E-state index is 0.180. The van der Waals surface area contributed by atoms with Crippen LogP contribution in [-0.2, 0) is 0 Å². The zero-order valence-corrected chi connectivity index (χ0v) is 7.62. The van der Waals surface area contributed by atoms with Crippen LogP contribution in [0.4, 0.5) is 8.78 Å². The second-order valence-corrected chi connectivity index (χ2v) is 3.51. The molecule has 0 spiro atoms. The third-order valence-corrected chi connectivity index (χ3v) is 1.35. The van der Waals surface area contributed by atoms with Crippen LogP contribution in [0.3, 0.4) is 0 Å². The van der Waals surface area contributed by atoms with Crippen molar-refractivity contribution < 1.29 is 8.78 Å². The van der Waals surface area contributed by atoms with Gasteiger partial charge in [0.15, 0.2) is 0 Å². The summed E-state index contributed by atoms with van der Waals surface area (Å²) in [5.41, 5.74) is 0. The molecule has 0 aromatic rings. The third kappa shape index (κ3) is 4.12. The summed E-state index contributed by atoms with van der Waals surface area (Å²) in [6, 6.07) is 0. The molecule has 0 fully saturated rings. The van der Waals surface area contributed by atoms with Gasteiger partial charge >= 0.3 is 0 Å². The van der Waals surface area contributed by atoms with Gasteiger partial charge in [-0.1, -0.05) is 27.7 Å². The molecule has 0 saturated carbocycles. The first kappa shape index (κ1) is 10.6. The van der Waals surface area contributed by atoms with Gasteiger partial charge < -0.3 is 0 Å². The molecule has 0 aliphatic heterocycles. The normalized spacial score (nSPS) is 14.2. The molecule has 0 heterocycles. The highest BCUT2D eigenvalue weighted by Crippen LogP contribution is 2.22. The Bertz CT molecular complexity index is 146. The van der Waals surface area contributed by atoms with Gasteiger partial charge in [0.25, 0.3) is 0 Å². The van der Waals surface area contributed by atoms with Gasteiger partial charge in [-0.25, -0.2) is 8.78 Å². The van der Waals surface area contributed by atoms with Crippen molar-refractivity contribution in [2.75, 3.05) is 0 Å². The van der Waals surface area contributed by atoms with Gasteiger partial charge in [0.2, 0.25) is 0 Å². The average molecular weight is 162 g/mol. The van der Waals surface area contributed by atoms with Crippen LogP contribution in [0.5, 0.6) is 0 Å². The molecule has 0 nitrogen and oxygen atoms in total. The highest BCUT2D eigenvalue weighted by molar-refractivity contribution is 5.02. The standard InChI is InChI=1S/C9H16F2/c1-6(2)5-8(10)9(11)7(3)4/h6-7H,5H2,1-4H3/b9-8-. The quantitative estimate of drug-likeness (QED) is 0.591. The zero-order chi connectivity index (χ0) is 9.02. The van der Waals surface area contributed by atoms with Gasteiger partial charge in [0.05, 0.1) is 0 Å². The zero-order valence-electron chi connectivity index (χ0n) is 7.62. The molecular formula is C9H16F2. The largest absolute Gasteiger partial charge is 0.209 e. The van der Waals surface area contributed by atoms with E-state index in [2.05, 4.69) is 0 Å². The van der Waals surface area contributed by atoms with Crippen molar-refractivity contribution in [1.82, 2.24) is 0 Å². The molecular weight excluding hydrogens is 146 g/mol. The van der Waals surface area contributed by atoms with Gasteiger partial charge in [-0.2, -0.15) is 0 Å². The maximum atomic E-state index is 12.8. The second-order valence-electron chi connectivity index (χ2n) is 3.51. The lowest BCUT2D eigenvalue weighted by molar-refractivity contribution is 0.424. The lowest BCUT2D eigenvalue weighted by atomic mass is 10.1. The Morgan fingerprint density at radius 1 is 1.09 bits per heavy atom. The second kappa shape index (κ2) is 4.47. The SMILES string of the molecule is CC(C)C/C(F)=C(/F)C(C)C. The van der Waals surface area contributed by atoms with Gasteiger partial charge in [-0.3, -0.25) is 0 Å². The van der Waals surface area contributed by atoms with Crippen molar-refractivity contribution in [3.63, 3.8) is 0 Å². The van der Waals surface area contributed by atoms with Crippen molar-refractivity contribution in [2.45, 2.75) is 34.1 Å². The maximum Gasteiger partial charge on any atom is 0.134 e. The molecule has 11 heavy (non-hydrogen) atoms. The van der Waals surface area contributed by atoms with Crippen LogP contribution >= 0.6 is 0 Å². The van der Waals surface area contributed by atoms with E-state index in [4.69, 9.17) is 0 Å². The number of rotatable bonds is 3. The van der Waals surface area contributed by atoms with Crippen molar-refractivity contribution in [1.29, 1.82) is 0 Å². The predicted octanol–water partition coefficient (Wildman–Crippen LogP) is 3.84. The van der Waals surface area contributed by atoms with Crippen molar-refractivity contribution >= 4 is 0 Å². The molecule has 0 aliphatic carbocycles. The Morgan fingerprint density at radius 2 is 1.55 bits per heavy atom. The number of hydrogen-bond donors (Lipinski definition) is 0. The summed E-state index contributed by atoms with van der Waals surface area (Å²) in [7, 11) is 0. The van der Waals surface area contributed by atoms with Crippen molar-refractivity contribution in [3.8, 4) is 0 Å². The molecule has 2 heteroatoms. The molecule has 0 N–H and O–H groups in total. The lowest BCUT2D eigenvalue weighted by Crippen LogP contribution is -1.94. The van der Waals surface area contributed by atoms with Crippen LogP contribution in [0, 0.1) is 11.8 Å². The van der Waals surface area contributed by atoms with E-state index in [1.807, 2.05) is 13.8 Å². The Hall–Kier alpha value is -0.400. The van der Waals surface area contributed by atoms with Gasteiger partial charge in [0, 0.05) is 12.3 Å². The summed E-state index contributed by atoms with van der Waals surface area (Å²) in [5.74, 6) is -1.33. The highest BCUT2D eigenvalue weighted by atomic mass is 19.2. The van der Waals surface area contributed by atoms with E-state index in [0.717, 1.165) is 0 Å². The number of allylic oxidation sites excluding steroid dienone is 2. The first-order valence-corrected chi connectivity index (χ1v) is 3.99. The fourth-order valence-corrected chi connectivity index (χ4v) is 0.769. The van der Waals surface area contributed by atoms with Crippen LogP contribution in [0.2, 0.25) is 0 Å². The highest BCUT2D eigenvalue weighted by Gasteiger charge is 2.10. The minimum atomic E-state index is -0.598. The summed E-state index contributed by atoms with van der Waals surface area (Å²) in [5, 5.41) is 0. The summed E-state index contributed by atoms with van der Waals surface area (Å²) >= 11 is 0. The predicted molar refractivity (Wildman–Crippen MR) is 43.5 cm³/mol. The monoisotopic (exact) mass is 162 g/mol. The molecule has 0 saturated heterocycles. The Labute approximate surface area is 67.3 Å². The maximum absolute atomic E-state index is 12.8. The smallest absolute Gasteiger partial charge is 0.134 e. The summed E-state index contributed by atoms with van der Waals surface area (Å²) in [6.45, 7) is 7.03. The van der Waals surface area contributed by atoms with Crippen molar-refractivity contribution in [3.05, 3.63) is 11.7 Å². The van der Waals surface area contributed by atoms with Crippen LogP contribution in [0.1, 0.15) is 34.1 Å². The van der Waals surface area contributed by atoms with E-state index in [1.54, 1.807) is 13.8 Å². The molecule has 0 radical (unpaired) electrons. The van der Waals surface area contributed by atoms with Crippen LogP contribution in [-0.4, -0.2) is 0 Å². The molecule has 0 unspecified atom stereocenters. The molecule has 0 aromatic heterocycles. The molecule has 0 rings (SSSR count). The number of hydrogen-bond acceptors (Lipinski definition) is 0. The molecule has 0 atom stereocenters. The summed E-state index contributed by atoms with van der Waals surface area (Å²) < 4.78 is 25.6. The van der Waals surface area contributed by atoms with E-state index >= 15 is 0 Å². The van der Waals surface area contributed by atoms with Crippen LogP contribution in [0.15, 0.2) is 11.7 Å². The van der Waals surface area contributed by atoms with E-state index in [9.17, 15) is 8.78 Å². The average Bonchev–Trinajstić information content (AvgIpc) is 1.84. The van der Waals surface area contributed by atoms with Crippen molar-refractivity contribution in [2.24, 2.45) is 11.8 Å². The Kier molecular flexibility index (Phi) is 4.31. The van der Waals surface area contributed by atoms with E-state index in [1.165, 1.54) is 0 Å². The van der Waals surface area contributed by atoms with Crippen LogP contribution < -0.4 is 0 Å². The van der Waals surface area contributed by atoms with Gasteiger partial charge in [0.1, 0.15) is 11.7 Å². The Morgan fingerprint density at radius 3 is 1.82 bits per heavy atom. The molecule has 66 valence electrons. The fraction of sp³-hybridized carbons (Fsp3) is 0.778. The molecule has 0 amide bonds. The minimum Gasteiger partial charge on any atom is -0.209 e. The van der Waals surface area contributed by atoms with Crippen LogP contribution in [0.25, 0.3) is 0 Å². The topological polar surface area (TPSA) is 0 Å². The van der Waals surface area contributed by atoms with Gasteiger partial charge in [-0.15, -0.1) is 0 Å². The third-order valence-electron chi connectivity index (χ3n) is 1.35. The molecule has 0 aliphatic rings. The lowest BCUT2D eigenvalue weighted by Gasteiger charge is -2.05. The van der Waals surface area contributed by atoms with E-state index < -0.39 is 11.7 Å². The van der Waals surface area contributed by atoms with E-state index in [0.29, 0.717) is 0 Å². The van der Waals surface area contributed by atoms with E-state index in [-0.39, 0.29) is 18.3 Å². The fourth-order valence-electron chi connectivity index (χ4n) is 0.769. The number of halogens is 2. The van der Waals surface area contributed by atoms with Gasteiger partial charge in [-0.05, 0) is 5.92 Å².